The molecule has 0 amide bonds. The third-order valence-electron chi connectivity index (χ3n) is 3.14. The zero-order valence-corrected chi connectivity index (χ0v) is 10.6. The fraction of sp³-hybridized carbons (Fsp3) is 0.750. The van der Waals surface area contributed by atoms with Crippen molar-refractivity contribution in [1.82, 2.24) is 15.1 Å². The van der Waals surface area contributed by atoms with Gasteiger partial charge in [0.15, 0.2) is 0 Å². The minimum atomic E-state index is 0.613. The molecule has 1 aromatic heterocycles. The van der Waals surface area contributed by atoms with Gasteiger partial charge in [-0.15, -0.1) is 0 Å². The van der Waals surface area contributed by atoms with E-state index in [1.54, 1.807) is 0 Å². The van der Waals surface area contributed by atoms with Crippen molar-refractivity contribution < 1.29 is 0 Å². The van der Waals surface area contributed by atoms with Crippen LogP contribution in [0.1, 0.15) is 37.2 Å². The first-order chi connectivity index (χ1) is 7.06. The Morgan fingerprint density at radius 3 is 2.53 bits per heavy atom. The van der Waals surface area contributed by atoms with Gasteiger partial charge in [0.25, 0.3) is 0 Å². The van der Waals surface area contributed by atoms with Crippen LogP contribution in [0.4, 0.5) is 0 Å². The summed E-state index contributed by atoms with van der Waals surface area (Å²) < 4.78 is 1.97. The summed E-state index contributed by atoms with van der Waals surface area (Å²) in [4.78, 5) is 0. The summed E-state index contributed by atoms with van der Waals surface area (Å²) >= 11 is 0. The Hall–Kier alpha value is -0.830. The van der Waals surface area contributed by atoms with Crippen LogP contribution in [0.3, 0.4) is 0 Å². The lowest BCUT2D eigenvalue weighted by Crippen LogP contribution is -2.27. The van der Waals surface area contributed by atoms with E-state index in [2.05, 4.69) is 38.1 Å². The van der Waals surface area contributed by atoms with Crippen LogP contribution in [0, 0.1) is 13.8 Å². The van der Waals surface area contributed by atoms with E-state index in [0.29, 0.717) is 6.04 Å². The lowest BCUT2D eigenvalue weighted by Gasteiger charge is -2.10. The molecule has 15 heavy (non-hydrogen) atoms. The van der Waals surface area contributed by atoms with Crippen LogP contribution in [-0.4, -0.2) is 22.4 Å². The van der Waals surface area contributed by atoms with Crippen molar-refractivity contribution in [3.8, 4) is 0 Å². The number of rotatable bonds is 5. The first-order valence-electron chi connectivity index (χ1n) is 5.78. The standard InChI is InChI=1S/C12H23N3/c1-6-9(2)13-8-7-12-10(3)14-15(5)11(12)4/h9,13H,6-8H2,1-5H3. The van der Waals surface area contributed by atoms with Crippen LogP contribution < -0.4 is 5.32 Å². The van der Waals surface area contributed by atoms with Gasteiger partial charge in [-0.2, -0.15) is 5.10 Å². The Morgan fingerprint density at radius 2 is 2.07 bits per heavy atom. The Labute approximate surface area is 92.9 Å². The van der Waals surface area contributed by atoms with E-state index in [0.717, 1.165) is 13.0 Å². The molecule has 1 aromatic rings. The lowest BCUT2D eigenvalue weighted by molar-refractivity contribution is 0.536. The molecule has 86 valence electrons. The largest absolute Gasteiger partial charge is 0.314 e. The van der Waals surface area contributed by atoms with Crippen molar-refractivity contribution in [2.24, 2.45) is 7.05 Å². The highest BCUT2D eigenvalue weighted by Crippen LogP contribution is 2.11. The minimum Gasteiger partial charge on any atom is -0.314 e. The molecule has 1 unspecified atom stereocenters. The summed E-state index contributed by atoms with van der Waals surface area (Å²) in [6, 6.07) is 0.613. The zero-order valence-electron chi connectivity index (χ0n) is 10.6. The van der Waals surface area contributed by atoms with Gasteiger partial charge in [-0.25, -0.2) is 0 Å². The van der Waals surface area contributed by atoms with Gasteiger partial charge in [0.2, 0.25) is 0 Å². The van der Waals surface area contributed by atoms with Crippen molar-refractivity contribution in [1.29, 1.82) is 0 Å². The molecule has 3 heteroatoms. The quantitative estimate of drug-likeness (QED) is 0.803. The number of aromatic nitrogens is 2. The molecule has 1 atom stereocenters. The Bertz CT molecular complexity index is 315. The first kappa shape index (κ1) is 12.2. The van der Waals surface area contributed by atoms with E-state index in [1.165, 1.54) is 23.4 Å². The molecule has 0 radical (unpaired) electrons. The molecule has 1 N–H and O–H groups in total. The highest BCUT2D eigenvalue weighted by atomic mass is 15.3. The Kier molecular flexibility index (Phi) is 4.33. The second-order valence-corrected chi connectivity index (χ2v) is 4.29. The molecule has 0 aliphatic carbocycles. The predicted molar refractivity (Wildman–Crippen MR) is 64.1 cm³/mol. The second kappa shape index (κ2) is 5.31. The van der Waals surface area contributed by atoms with Crippen molar-refractivity contribution in [3.05, 3.63) is 17.0 Å². The number of nitrogens with zero attached hydrogens (tertiary/aromatic N) is 2. The van der Waals surface area contributed by atoms with Gasteiger partial charge in [0.1, 0.15) is 0 Å². The highest BCUT2D eigenvalue weighted by molar-refractivity contribution is 5.24. The lowest BCUT2D eigenvalue weighted by atomic mass is 10.1. The van der Waals surface area contributed by atoms with Gasteiger partial charge in [0, 0.05) is 18.8 Å². The Balaban J connectivity index is 2.50. The summed E-state index contributed by atoms with van der Waals surface area (Å²) in [5, 5.41) is 7.92. The zero-order chi connectivity index (χ0) is 11.4. The van der Waals surface area contributed by atoms with E-state index >= 15 is 0 Å². The highest BCUT2D eigenvalue weighted by Gasteiger charge is 2.08. The number of hydrogen-bond donors (Lipinski definition) is 1. The smallest absolute Gasteiger partial charge is 0.0628 e. The summed E-state index contributed by atoms with van der Waals surface area (Å²) in [7, 11) is 2.01. The van der Waals surface area contributed by atoms with E-state index in [4.69, 9.17) is 0 Å². The normalized spacial score (nSPS) is 13.1. The van der Waals surface area contributed by atoms with E-state index in [1.807, 2.05) is 11.7 Å². The molecule has 0 aliphatic rings. The topological polar surface area (TPSA) is 29.9 Å². The molecular weight excluding hydrogens is 186 g/mol. The SMILES string of the molecule is CCC(C)NCCc1c(C)nn(C)c1C. The summed E-state index contributed by atoms with van der Waals surface area (Å²) in [6.45, 7) is 9.70. The summed E-state index contributed by atoms with van der Waals surface area (Å²) in [5.74, 6) is 0. The van der Waals surface area contributed by atoms with E-state index in [-0.39, 0.29) is 0 Å². The maximum absolute atomic E-state index is 4.42. The average molecular weight is 209 g/mol. The van der Waals surface area contributed by atoms with Crippen molar-refractivity contribution >= 4 is 0 Å². The molecule has 0 fully saturated rings. The van der Waals surface area contributed by atoms with Crippen LogP contribution >= 0.6 is 0 Å². The molecule has 0 spiro atoms. The number of aryl methyl sites for hydroxylation is 2. The maximum atomic E-state index is 4.42. The third kappa shape index (κ3) is 3.06. The molecule has 3 nitrogen and oxygen atoms in total. The molecular formula is C12H23N3. The monoisotopic (exact) mass is 209 g/mol. The van der Waals surface area contributed by atoms with Crippen molar-refractivity contribution in [2.75, 3.05) is 6.54 Å². The number of nitrogens with one attached hydrogen (secondary N) is 1. The van der Waals surface area contributed by atoms with Crippen LogP contribution in [0.2, 0.25) is 0 Å². The minimum absolute atomic E-state index is 0.613. The molecule has 0 bridgehead atoms. The molecule has 1 rings (SSSR count). The third-order valence-corrected chi connectivity index (χ3v) is 3.14. The van der Waals surface area contributed by atoms with Crippen LogP contribution in [0.15, 0.2) is 0 Å². The van der Waals surface area contributed by atoms with Crippen LogP contribution in [0.25, 0.3) is 0 Å². The first-order valence-corrected chi connectivity index (χ1v) is 5.78. The fourth-order valence-corrected chi connectivity index (χ4v) is 1.77. The van der Waals surface area contributed by atoms with E-state index < -0.39 is 0 Å². The van der Waals surface area contributed by atoms with Gasteiger partial charge >= 0.3 is 0 Å². The number of hydrogen-bond acceptors (Lipinski definition) is 2. The fourth-order valence-electron chi connectivity index (χ4n) is 1.77. The molecule has 0 saturated carbocycles. The van der Waals surface area contributed by atoms with Gasteiger partial charge < -0.3 is 5.32 Å². The average Bonchev–Trinajstić information content (AvgIpc) is 2.44. The van der Waals surface area contributed by atoms with E-state index in [9.17, 15) is 0 Å². The van der Waals surface area contributed by atoms with Crippen molar-refractivity contribution in [3.63, 3.8) is 0 Å². The van der Waals surface area contributed by atoms with Crippen LogP contribution in [0.5, 0.6) is 0 Å². The second-order valence-electron chi connectivity index (χ2n) is 4.29. The van der Waals surface area contributed by atoms with Gasteiger partial charge in [-0.05, 0) is 45.7 Å². The maximum Gasteiger partial charge on any atom is 0.0628 e. The molecule has 0 aromatic carbocycles. The summed E-state index contributed by atoms with van der Waals surface area (Å²) in [5.41, 5.74) is 3.85. The summed E-state index contributed by atoms with van der Waals surface area (Å²) in [6.07, 6.45) is 2.26. The van der Waals surface area contributed by atoms with Gasteiger partial charge in [-0.3, -0.25) is 4.68 Å². The predicted octanol–water partition coefficient (Wildman–Crippen LogP) is 1.97. The molecule has 0 aliphatic heterocycles. The molecule has 1 heterocycles. The van der Waals surface area contributed by atoms with Gasteiger partial charge in [0.05, 0.1) is 5.69 Å². The van der Waals surface area contributed by atoms with Gasteiger partial charge in [-0.1, -0.05) is 6.92 Å². The van der Waals surface area contributed by atoms with Crippen molar-refractivity contribution in [2.45, 2.75) is 46.6 Å². The molecule has 0 saturated heterocycles. The Morgan fingerprint density at radius 1 is 1.40 bits per heavy atom. The van der Waals surface area contributed by atoms with Crippen LogP contribution in [-0.2, 0) is 13.5 Å².